The van der Waals surface area contributed by atoms with E-state index in [1.54, 1.807) is 0 Å². The van der Waals surface area contributed by atoms with Crippen LogP contribution in [0.5, 0.6) is 0 Å². The second-order valence-corrected chi connectivity index (χ2v) is 5.82. The third kappa shape index (κ3) is 2.96. The van der Waals surface area contributed by atoms with Crippen LogP contribution in [0.25, 0.3) is 16.6 Å². The van der Waals surface area contributed by atoms with Gasteiger partial charge in [0.05, 0.1) is 11.2 Å². The fourth-order valence-corrected chi connectivity index (χ4v) is 2.80. The number of hydrogen-bond acceptors (Lipinski definition) is 3. The molecular formula is C19H15ClN4. The molecule has 2 heterocycles. The summed E-state index contributed by atoms with van der Waals surface area (Å²) in [4.78, 5) is 4.44. The van der Waals surface area contributed by atoms with E-state index in [-0.39, 0.29) is 0 Å². The first-order valence-corrected chi connectivity index (χ1v) is 8.06. The zero-order chi connectivity index (χ0) is 16.4. The quantitative estimate of drug-likeness (QED) is 0.551. The third-order valence-corrected chi connectivity index (χ3v) is 4.15. The fraction of sp³-hybridized carbons (Fsp3) is 0.0526. The molecular weight excluding hydrogens is 320 g/mol. The Morgan fingerprint density at radius 1 is 0.958 bits per heavy atom. The Labute approximate surface area is 144 Å². The van der Waals surface area contributed by atoms with Crippen LogP contribution in [0.3, 0.4) is 0 Å². The minimum absolute atomic E-state index is 0.517. The molecule has 0 aliphatic carbocycles. The molecule has 0 amide bonds. The van der Waals surface area contributed by atoms with Crippen molar-refractivity contribution in [3.63, 3.8) is 0 Å². The van der Waals surface area contributed by atoms with Crippen LogP contribution in [0.4, 0.5) is 5.82 Å². The first-order chi connectivity index (χ1) is 11.8. The van der Waals surface area contributed by atoms with Gasteiger partial charge in [0, 0.05) is 29.8 Å². The van der Waals surface area contributed by atoms with E-state index < -0.39 is 0 Å². The van der Waals surface area contributed by atoms with Crippen LogP contribution in [0.15, 0.2) is 72.9 Å². The molecule has 0 aliphatic heterocycles. The van der Waals surface area contributed by atoms with Crippen molar-refractivity contribution in [3.8, 4) is 5.69 Å². The van der Waals surface area contributed by atoms with E-state index in [2.05, 4.69) is 21.5 Å². The van der Waals surface area contributed by atoms with Gasteiger partial charge in [-0.05, 0) is 24.3 Å². The molecule has 0 aliphatic rings. The lowest BCUT2D eigenvalue weighted by Crippen LogP contribution is -2.03. The number of anilines is 1. The predicted octanol–water partition coefficient (Wildman–Crippen LogP) is 4.69. The number of rotatable bonds is 4. The van der Waals surface area contributed by atoms with Crippen molar-refractivity contribution in [1.82, 2.24) is 14.8 Å². The Bertz CT molecular complexity index is 979. The number of hydrogen-bond donors (Lipinski definition) is 1. The van der Waals surface area contributed by atoms with Crippen LogP contribution in [-0.4, -0.2) is 14.8 Å². The van der Waals surface area contributed by atoms with Gasteiger partial charge in [0.25, 0.3) is 0 Å². The Balaban J connectivity index is 1.53. The predicted molar refractivity (Wildman–Crippen MR) is 97.6 cm³/mol. The van der Waals surface area contributed by atoms with E-state index in [1.165, 1.54) is 0 Å². The maximum atomic E-state index is 6.29. The second kappa shape index (κ2) is 6.34. The van der Waals surface area contributed by atoms with E-state index in [1.807, 2.05) is 71.5 Å². The Hall–Kier alpha value is -2.85. The number of nitrogens with one attached hydrogen (secondary N) is 1. The van der Waals surface area contributed by atoms with Crippen LogP contribution in [0.2, 0.25) is 5.15 Å². The van der Waals surface area contributed by atoms with Gasteiger partial charge in [-0.3, -0.25) is 0 Å². The van der Waals surface area contributed by atoms with Crippen molar-refractivity contribution in [2.75, 3.05) is 5.32 Å². The number of halogens is 1. The summed E-state index contributed by atoms with van der Waals surface area (Å²) in [5.41, 5.74) is 2.88. The standard InChI is InChI=1S/C19H15ClN4/c20-19-15(12-14-6-4-5-9-17(14)22-19)13-21-18-10-11-24(23-18)16-7-2-1-3-8-16/h1-12H,13H2,(H,21,23). The molecule has 0 radical (unpaired) electrons. The lowest BCUT2D eigenvalue weighted by Gasteiger charge is -2.07. The molecule has 0 atom stereocenters. The van der Waals surface area contributed by atoms with Crippen LogP contribution >= 0.6 is 11.6 Å². The van der Waals surface area contributed by atoms with Gasteiger partial charge in [0.2, 0.25) is 0 Å². The summed E-state index contributed by atoms with van der Waals surface area (Å²) in [6, 6.07) is 21.9. The molecule has 4 rings (SSSR count). The van der Waals surface area contributed by atoms with E-state index in [9.17, 15) is 0 Å². The highest BCUT2D eigenvalue weighted by Gasteiger charge is 2.06. The lowest BCUT2D eigenvalue weighted by atomic mass is 10.1. The summed E-state index contributed by atoms with van der Waals surface area (Å²) < 4.78 is 1.84. The molecule has 0 fully saturated rings. The van der Waals surface area contributed by atoms with E-state index in [4.69, 9.17) is 11.6 Å². The minimum atomic E-state index is 0.517. The maximum Gasteiger partial charge on any atom is 0.148 e. The minimum Gasteiger partial charge on any atom is -0.364 e. The topological polar surface area (TPSA) is 42.7 Å². The molecule has 1 N–H and O–H groups in total. The van der Waals surface area contributed by atoms with Crippen molar-refractivity contribution in [1.29, 1.82) is 0 Å². The van der Waals surface area contributed by atoms with E-state index in [0.29, 0.717) is 11.7 Å². The zero-order valence-electron chi connectivity index (χ0n) is 12.9. The van der Waals surface area contributed by atoms with Crippen molar-refractivity contribution in [3.05, 3.63) is 83.6 Å². The van der Waals surface area contributed by atoms with Crippen LogP contribution in [0.1, 0.15) is 5.56 Å². The number of aromatic nitrogens is 3. The third-order valence-electron chi connectivity index (χ3n) is 3.82. The average Bonchev–Trinajstić information content (AvgIpc) is 3.10. The SMILES string of the molecule is Clc1nc2ccccc2cc1CNc1ccn(-c2ccccc2)n1. The van der Waals surface area contributed by atoms with Gasteiger partial charge in [-0.15, -0.1) is 0 Å². The molecule has 5 heteroatoms. The summed E-state index contributed by atoms with van der Waals surface area (Å²) in [5, 5.41) is 9.42. The van der Waals surface area contributed by atoms with Crippen LogP contribution in [0, 0.1) is 0 Å². The molecule has 2 aromatic carbocycles. The van der Waals surface area contributed by atoms with Crippen molar-refractivity contribution in [2.45, 2.75) is 6.54 Å². The smallest absolute Gasteiger partial charge is 0.148 e. The van der Waals surface area contributed by atoms with Crippen LogP contribution < -0.4 is 5.32 Å². The number of fused-ring (bicyclic) bond motifs is 1. The molecule has 4 nitrogen and oxygen atoms in total. The van der Waals surface area contributed by atoms with Gasteiger partial charge in [0.15, 0.2) is 0 Å². The molecule has 0 saturated carbocycles. The highest BCUT2D eigenvalue weighted by molar-refractivity contribution is 6.30. The first kappa shape index (κ1) is 14.7. The summed E-state index contributed by atoms with van der Waals surface area (Å²) in [5.74, 6) is 0.795. The Morgan fingerprint density at radius 2 is 1.75 bits per heavy atom. The maximum absolute atomic E-state index is 6.29. The highest BCUT2D eigenvalue weighted by Crippen LogP contribution is 2.21. The van der Waals surface area contributed by atoms with Crippen LogP contribution in [-0.2, 0) is 6.54 Å². The molecule has 2 aromatic heterocycles. The number of benzene rings is 2. The highest BCUT2D eigenvalue weighted by atomic mass is 35.5. The van der Waals surface area contributed by atoms with Gasteiger partial charge < -0.3 is 5.32 Å². The van der Waals surface area contributed by atoms with Crippen molar-refractivity contribution < 1.29 is 0 Å². The van der Waals surface area contributed by atoms with E-state index in [0.717, 1.165) is 28.0 Å². The lowest BCUT2D eigenvalue weighted by molar-refractivity contribution is 0.877. The number of nitrogens with zero attached hydrogens (tertiary/aromatic N) is 3. The molecule has 118 valence electrons. The Morgan fingerprint density at radius 3 is 2.62 bits per heavy atom. The van der Waals surface area contributed by atoms with Gasteiger partial charge in [-0.1, -0.05) is 48.0 Å². The fourth-order valence-electron chi connectivity index (χ4n) is 2.59. The summed E-state index contributed by atoms with van der Waals surface area (Å²) in [6.07, 6.45) is 1.93. The summed E-state index contributed by atoms with van der Waals surface area (Å²) >= 11 is 6.29. The van der Waals surface area contributed by atoms with E-state index >= 15 is 0 Å². The molecule has 0 spiro atoms. The summed E-state index contributed by atoms with van der Waals surface area (Å²) in [6.45, 7) is 0.572. The normalized spacial score (nSPS) is 10.9. The average molecular weight is 335 g/mol. The monoisotopic (exact) mass is 334 g/mol. The number of pyridine rings is 1. The van der Waals surface area contributed by atoms with Gasteiger partial charge >= 0.3 is 0 Å². The molecule has 0 bridgehead atoms. The molecule has 0 saturated heterocycles. The molecule has 0 unspecified atom stereocenters. The number of para-hydroxylation sites is 2. The molecule has 4 aromatic rings. The largest absolute Gasteiger partial charge is 0.364 e. The van der Waals surface area contributed by atoms with Crippen molar-refractivity contribution in [2.24, 2.45) is 0 Å². The van der Waals surface area contributed by atoms with Gasteiger partial charge in [0.1, 0.15) is 11.0 Å². The van der Waals surface area contributed by atoms with Crippen molar-refractivity contribution >= 4 is 28.3 Å². The van der Waals surface area contributed by atoms with Gasteiger partial charge in [-0.2, -0.15) is 5.10 Å². The zero-order valence-corrected chi connectivity index (χ0v) is 13.6. The second-order valence-electron chi connectivity index (χ2n) is 5.47. The first-order valence-electron chi connectivity index (χ1n) is 7.69. The molecule has 24 heavy (non-hydrogen) atoms. The summed E-state index contributed by atoms with van der Waals surface area (Å²) in [7, 11) is 0. The van der Waals surface area contributed by atoms with Gasteiger partial charge in [-0.25, -0.2) is 9.67 Å². The Kier molecular flexibility index (Phi) is 3.89.